The van der Waals surface area contributed by atoms with Crippen LogP contribution < -0.4 is 10.2 Å². The Labute approximate surface area is 116 Å². The molecule has 0 radical (unpaired) electrons. The second kappa shape index (κ2) is 9.20. The van der Waals surface area contributed by atoms with Crippen molar-refractivity contribution in [3.05, 3.63) is 43.0 Å². The van der Waals surface area contributed by atoms with Gasteiger partial charge in [-0.25, -0.2) is 4.79 Å². The molecule has 1 aromatic carbocycles. The number of hydrogen-bond donors (Lipinski definition) is 1. The van der Waals surface area contributed by atoms with Crippen molar-refractivity contribution in [2.45, 2.75) is 32.6 Å². The lowest BCUT2D eigenvalue weighted by Gasteiger charge is -2.21. The lowest BCUT2D eigenvalue weighted by Crippen LogP contribution is -2.40. The van der Waals surface area contributed by atoms with E-state index < -0.39 is 0 Å². The van der Waals surface area contributed by atoms with Crippen LogP contribution in [0.1, 0.15) is 32.6 Å². The molecule has 0 atom stereocenters. The van der Waals surface area contributed by atoms with E-state index in [0.29, 0.717) is 6.54 Å². The average molecular weight is 260 g/mol. The molecule has 19 heavy (non-hydrogen) atoms. The largest absolute Gasteiger partial charge is 0.338 e. The van der Waals surface area contributed by atoms with E-state index >= 15 is 0 Å². The van der Waals surface area contributed by atoms with E-state index in [2.05, 4.69) is 18.8 Å². The summed E-state index contributed by atoms with van der Waals surface area (Å²) in [6, 6.07) is 9.61. The lowest BCUT2D eigenvalue weighted by molar-refractivity contribution is 0.246. The third kappa shape index (κ3) is 5.60. The van der Waals surface area contributed by atoms with Crippen LogP contribution in [0.15, 0.2) is 43.0 Å². The monoisotopic (exact) mass is 260 g/mol. The molecule has 0 heterocycles. The first-order valence-electron chi connectivity index (χ1n) is 7.01. The first-order chi connectivity index (χ1) is 9.29. The molecule has 3 nitrogen and oxygen atoms in total. The molecular formula is C16H24N2O. The number of urea groups is 1. The second-order valence-corrected chi connectivity index (χ2v) is 4.53. The SMILES string of the molecule is C=CCN(C(=O)NCCCCCC)c1ccccc1. The van der Waals surface area contributed by atoms with Crippen LogP contribution in [0.25, 0.3) is 0 Å². The minimum atomic E-state index is -0.0531. The summed E-state index contributed by atoms with van der Waals surface area (Å²) in [4.78, 5) is 13.8. The molecule has 0 saturated carbocycles. The minimum Gasteiger partial charge on any atom is -0.338 e. The number of nitrogens with one attached hydrogen (secondary N) is 1. The second-order valence-electron chi connectivity index (χ2n) is 4.53. The summed E-state index contributed by atoms with van der Waals surface area (Å²) < 4.78 is 0. The van der Waals surface area contributed by atoms with Gasteiger partial charge < -0.3 is 5.32 Å². The van der Waals surface area contributed by atoms with Gasteiger partial charge in [0.25, 0.3) is 0 Å². The van der Waals surface area contributed by atoms with Crippen molar-refractivity contribution in [2.75, 3.05) is 18.0 Å². The predicted octanol–water partition coefficient (Wildman–Crippen LogP) is 3.97. The highest BCUT2D eigenvalue weighted by Gasteiger charge is 2.12. The fourth-order valence-corrected chi connectivity index (χ4v) is 1.89. The number of unbranched alkanes of at least 4 members (excludes halogenated alkanes) is 3. The summed E-state index contributed by atoms with van der Waals surface area (Å²) in [5.41, 5.74) is 0.897. The van der Waals surface area contributed by atoms with Crippen molar-refractivity contribution < 1.29 is 4.79 Å². The molecule has 0 spiro atoms. The molecule has 1 aromatic rings. The summed E-state index contributed by atoms with van der Waals surface area (Å²) in [7, 11) is 0. The molecule has 0 aliphatic heterocycles. The Kier molecular flexibility index (Phi) is 7.40. The van der Waals surface area contributed by atoms with Crippen LogP contribution in [0.3, 0.4) is 0 Å². The van der Waals surface area contributed by atoms with Gasteiger partial charge in [-0.1, -0.05) is 50.5 Å². The van der Waals surface area contributed by atoms with Gasteiger partial charge in [0.15, 0.2) is 0 Å². The van der Waals surface area contributed by atoms with Gasteiger partial charge in [0, 0.05) is 18.8 Å². The predicted molar refractivity (Wildman–Crippen MR) is 81.5 cm³/mol. The van der Waals surface area contributed by atoms with E-state index in [-0.39, 0.29) is 6.03 Å². The van der Waals surface area contributed by atoms with Gasteiger partial charge in [-0.3, -0.25) is 4.90 Å². The third-order valence-corrected chi connectivity index (χ3v) is 2.93. The van der Waals surface area contributed by atoms with Gasteiger partial charge in [-0.2, -0.15) is 0 Å². The van der Waals surface area contributed by atoms with Crippen LogP contribution in [0.4, 0.5) is 10.5 Å². The molecule has 0 unspecified atom stereocenters. The Morgan fingerprint density at radius 2 is 2.00 bits per heavy atom. The maximum absolute atomic E-state index is 12.1. The molecule has 104 valence electrons. The summed E-state index contributed by atoms with van der Waals surface area (Å²) in [6.45, 7) is 7.14. The minimum absolute atomic E-state index is 0.0531. The molecule has 0 aliphatic rings. The number of anilines is 1. The Balaban J connectivity index is 2.47. The number of rotatable bonds is 8. The van der Waals surface area contributed by atoms with Crippen LogP contribution >= 0.6 is 0 Å². The van der Waals surface area contributed by atoms with E-state index in [1.54, 1.807) is 11.0 Å². The van der Waals surface area contributed by atoms with Gasteiger partial charge in [0.05, 0.1) is 0 Å². The molecular weight excluding hydrogens is 236 g/mol. The van der Waals surface area contributed by atoms with E-state index in [4.69, 9.17) is 0 Å². The highest BCUT2D eigenvalue weighted by molar-refractivity contribution is 5.92. The number of para-hydroxylation sites is 1. The molecule has 0 aromatic heterocycles. The van der Waals surface area contributed by atoms with Crippen molar-refractivity contribution in [3.8, 4) is 0 Å². The van der Waals surface area contributed by atoms with Gasteiger partial charge >= 0.3 is 6.03 Å². The number of carbonyl (C=O) groups excluding carboxylic acids is 1. The Morgan fingerprint density at radius 1 is 1.26 bits per heavy atom. The first-order valence-corrected chi connectivity index (χ1v) is 7.01. The molecule has 3 heteroatoms. The summed E-state index contributed by atoms with van der Waals surface area (Å²) in [6.07, 6.45) is 6.38. The Bertz CT molecular complexity index is 376. The number of hydrogen-bond acceptors (Lipinski definition) is 1. The first kappa shape index (κ1) is 15.3. The van der Waals surface area contributed by atoms with E-state index in [1.807, 2.05) is 30.3 Å². The normalized spacial score (nSPS) is 9.95. The van der Waals surface area contributed by atoms with Gasteiger partial charge in [0.1, 0.15) is 0 Å². The van der Waals surface area contributed by atoms with Crippen molar-refractivity contribution in [1.29, 1.82) is 0 Å². The third-order valence-electron chi connectivity index (χ3n) is 2.93. The summed E-state index contributed by atoms with van der Waals surface area (Å²) >= 11 is 0. The maximum Gasteiger partial charge on any atom is 0.322 e. The molecule has 2 amide bonds. The summed E-state index contributed by atoms with van der Waals surface area (Å²) in [5, 5.41) is 2.96. The number of carbonyl (C=O) groups is 1. The molecule has 0 aliphatic carbocycles. The fraction of sp³-hybridized carbons (Fsp3) is 0.438. The van der Waals surface area contributed by atoms with Gasteiger partial charge in [-0.15, -0.1) is 6.58 Å². The Morgan fingerprint density at radius 3 is 2.63 bits per heavy atom. The van der Waals surface area contributed by atoms with E-state index in [9.17, 15) is 4.79 Å². The molecule has 0 fully saturated rings. The molecule has 0 saturated heterocycles. The van der Waals surface area contributed by atoms with Crippen molar-refractivity contribution in [1.82, 2.24) is 5.32 Å². The van der Waals surface area contributed by atoms with Gasteiger partial charge in [-0.05, 0) is 18.6 Å². The van der Waals surface area contributed by atoms with Crippen molar-refractivity contribution in [2.24, 2.45) is 0 Å². The number of nitrogens with zero attached hydrogens (tertiary/aromatic N) is 1. The average Bonchev–Trinajstić information content (AvgIpc) is 2.45. The van der Waals surface area contributed by atoms with Crippen LogP contribution in [0.5, 0.6) is 0 Å². The van der Waals surface area contributed by atoms with Gasteiger partial charge in [0.2, 0.25) is 0 Å². The molecule has 1 rings (SSSR count). The maximum atomic E-state index is 12.1. The highest BCUT2D eigenvalue weighted by atomic mass is 16.2. The zero-order valence-electron chi connectivity index (χ0n) is 11.8. The fourth-order valence-electron chi connectivity index (χ4n) is 1.89. The van der Waals surface area contributed by atoms with Crippen LogP contribution in [0.2, 0.25) is 0 Å². The molecule has 0 bridgehead atoms. The van der Waals surface area contributed by atoms with Crippen molar-refractivity contribution >= 4 is 11.7 Å². The topological polar surface area (TPSA) is 32.3 Å². The van der Waals surface area contributed by atoms with Crippen LogP contribution in [-0.2, 0) is 0 Å². The quantitative estimate of drug-likeness (QED) is 0.556. The van der Waals surface area contributed by atoms with E-state index in [1.165, 1.54) is 19.3 Å². The number of benzene rings is 1. The lowest BCUT2D eigenvalue weighted by atomic mass is 10.2. The zero-order valence-corrected chi connectivity index (χ0v) is 11.8. The van der Waals surface area contributed by atoms with Crippen LogP contribution in [-0.4, -0.2) is 19.1 Å². The van der Waals surface area contributed by atoms with Crippen LogP contribution in [0, 0.1) is 0 Å². The highest BCUT2D eigenvalue weighted by Crippen LogP contribution is 2.13. The smallest absolute Gasteiger partial charge is 0.322 e. The number of amides is 2. The molecule has 1 N–H and O–H groups in total. The zero-order chi connectivity index (χ0) is 13.9. The standard InChI is InChI=1S/C16H24N2O/c1-3-5-6-10-13-17-16(19)18(14-4-2)15-11-8-7-9-12-15/h4,7-9,11-12H,2-3,5-6,10,13-14H2,1H3,(H,17,19). The van der Waals surface area contributed by atoms with E-state index in [0.717, 1.165) is 18.7 Å². The van der Waals surface area contributed by atoms with Crippen molar-refractivity contribution in [3.63, 3.8) is 0 Å². The Hall–Kier alpha value is -1.77. The summed E-state index contributed by atoms with van der Waals surface area (Å²) in [5.74, 6) is 0.